The lowest BCUT2D eigenvalue weighted by Gasteiger charge is -2.22. The first-order valence-corrected chi connectivity index (χ1v) is 7.26. The molecule has 1 amide bonds. The maximum Gasteiger partial charge on any atom is 0.223 e. The van der Waals surface area contributed by atoms with Gasteiger partial charge in [-0.2, -0.15) is 0 Å². The molecule has 0 saturated heterocycles. The van der Waals surface area contributed by atoms with E-state index in [2.05, 4.69) is 15.3 Å². The van der Waals surface area contributed by atoms with Crippen LogP contribution in [0.5, 0.6) is 0 Å². The Hall–Kier alpha value is -1.40. The van der Waals surface area contributed by atoms with Gasteiger partial charge in [-0.3, -0.25) is 4.79 Å². The Morgan fingerprint density at radius 1 is 1.50 bits per heavy atom. The summed E-state index contributed by atoms with van der Waals surface area (Å²) in [6.07, 6.45) is 3.77. The standard InChI is InChI=1S/C14H23N3O3/c1-3-19-13(20-4-2)8-15-14(18)10-5-6-11-12(7-10)17-9-16-11/h9-10,13H,3-8H2,1-2H3,(H,15,18)(H,16,17). The van der Waals surface area contributed by atoms with Crippen LogP contribution in [-0.4, -0.2) is 41.9 Å². The minimum absolute atomic E-state index is 0.00635. The highest BCUT2D eigenvalue weighted by Gasteiger charge is 2.26. The number of nitrogens with one attached hydrogen (secondary N) is 2. The van der Waals surface area contributed by atoms with Crippen LogP contribution >= 0.6 is 0 Å². The lowest BCUT2D eigenvalue weighted by Crippen LogP contribution is -2.40. The van der Waals surface area contributed by atoms with Gasteiger partial charge in [-0.15, -0.1) is 0 Å². The van der Waals surface area contributed by atoms with Crippen LogP contribution in [0.1, 0.15) is 31.7 Å². The van der Waals surface area contributed by atoms with E-state index in [0.717, 1.165) is 30.7 Å². The molecule has 1 aliphatic rings. The van der Waals surface area contributed by atoms with Crippen LogP contribution in [0.25, 0.3) is 0 Å². The number of ether oxygens (including phenoxy) is 2. The van der Waals surface area contributed by atoms with Crippen molar-refractivity contribution in [1.29, 1.82) is 0 Å². The minimum atomic E-state index is -0.361. The third-order valence-corrected chi connectivity index (χ3v) is 3.51. The van der Waals surface area contributed by atoms with E-state index in [1.165, 1.54) is 0 Å². The van der Waals surface area contributed by atoms with Gasteiger partial charge in [-0.1, -0.05) is 0 Å². The monoisotopic (exact) mass is 281 g/mol. The van der Waals surface area contributed by atoms with Gasteiger partial charge in [0.2, 0.25) is 5.91 Å². The highest BCUT2D eigenvalue weighted by Crippen LogP contribution is 2.22. The zero-order valence-corrected chi connectivity index (χ0v) is 12.1. The fourth-order valence-corrected chi connectivity index (χ4v) is 2.49. The second kappa shape index (κ2) is 7.40. The fraction of sp³-hybridized carbons (Fsp3) is 0.714. The van der Waals surface area contributed by atoms with Crippen molar-refractivity contribution in [3.05, 3.63) is 17.7 Å². The molecule has 0 aliphatic heterocycles. The molecule has 1 aromatic rings. The molecule has 1 unspecified atom stereocenters. The first-order chi connectivity index (χ1) is 9.74. The van der Waals surface area contributed by atoms with Gasteiger partial charge in [0.15, 0.2) is 6.29 Å². The van der Waals surface area contributed by atoms with Crippen LogP contribution in [0.4, 0.5) is 0 Å². The zero-order valence-electron chi connectivity index (χ0n) is 12.1. The van der Waals surface area contributed by atoms with E-state index in [-0.39, 0.29) is 18.1 Å². The Kier molecular flexibility index (Phi) is 5.55. The molecule has 1 aliphatic carbocycles. The number of aryl methyl sites for hydroxylation is 1. The zero-order chi connectivity index (χ0) is 14.4. The Balaban J connectivity index is 1.80. The van der Waals surface area contributed by atoms with Gasteiger partial charge >= 0.3 is 0 Å². The highest BCUT2D eigenvalue weighted by atomic mass is 16.7. The Morgan fingerprint density at radius 2 is 2.25 bits per heavy atom. The van der Waals surface area contributed by atoms with Crippen molar-refractivity contribution in [3.63, 3.8) is 0 Å². The number of aromatic amines is 1. The summed E-state index contributed by atoms with van der Waals surface area (Å²) in [6.45, 7) is 5.36. The van der Waals surface area contributed by atoms with Crippen LogP contribution in [0.15, 0.2) is 6.33 Å². The highest BCUT2D eigenvalue weighted by molar-refractivity contribution is 5.79. The number of carbonyl (C=O) groups is 1. The van der Waals surface area contributed by atoms with E-state index in [1.54, 1.807) is 6.33 Å². The third-order valence-electron chi connectivity index (χ3n) is 3.51. The van der Waals surface area contributed by atoms with Crippen LogP contribution < -0.4 is 5.32 Å². The van der Waals surface area contributed by atoms with E-state index in [1.807, 2.05) is 13.8 Å². The number of amides is 1. The normalized spacial score (nSPS) is 18.1. The first kappa shape index (κ1) is 15.0. The van der Waals surface area contributed by atoms with E-state index in [4.69, 9.17) is 9.47 Å². The van der Waals surface area contributed by atoms with E-state index in [0.29, 0.717) is 19.8 Å². The maximum atomic E-state index is 12.2. The number of nitrogens with zero attached hydrogens (tertiary/aromatic N) is 1. The van der Waals surface area contributed by atoms with Crippen molar-refractivity contribution < 1.29 is 14.3 Å². The van der Waals surface area contributed by atoms with Crippen molar-refractivity contribution in [2.45, 2.75) is 39.4 Å². The second-order valence-corrected chi connectivity index (χ2v) is 4.85. The quantitative estimate of drug-likeness (QED) is 0.732. The lowest BCUT2D eigenvalue weighted by molar-refractivity contribution is -0.142. The van der Waals surface area contributed by atoms with Gasteiger partial charge in [0, 0.05) is 31.2 Å². The average Bonchev–Trinajstić information content (AvgIpc) is 2.92. The van der Waals surface area contributed by atoms with Gasteiger partial charge in [0.1, 0.15) is 0 Å². The maximum absolute atomic E-state index is 12.2. The number of fused-ring (bicyclic) bond motifs is 1. The van der Waals surface area contributed by atoms with Gasteiger partial charge in [-0.05, 0) is 26.7 Å². The minimum Gasteiger partial charge on any atom is -0.351 e. The average molecular weight is 281 g/mol. The van der Waals surface area contributed by atoms with Gasteiger partial charge in [-0.25, -0.2) is 4.98 Å². The SMILES string of the molecule is CCOC(CNC(=O)C1CCc2nc[nH]c2C1)OCC. The number of imidazole rings is 1. The van der Waals surface area contributed by atoms with Crippen LogP contribution in [-0.2, 0) is 27.1 Å². The summed E-state index contributed by atoms with van der Waals surface area (Å²) >= 11 is 0. The number of hydrogen-bond donors (Lipinski definition) is 2. The van der Waals surface area contributed by atoms with Gasteiger partial charge < -0.3 is 19.8 Å². The molecule has 20 heavy (non-hydrogen) atoms. The molecule has 0 bridgehead atoms. The van der Waals surface area contributed by atoms with Crippen molar-refractivity contribution in [1.82, 2.24) is 15.3 Å². The second-order valence-electron chi connectivity index (χ2n) is 4.85. The molecule has 0 radical (unpaired) electrons. The fourth-order valence-electron chi connectivity index (χ4n) is 2.49. The summed E-state index contributed by atoms with van der Waals surface area (Å²) in [5.74, 6) is 0.0708. The number of hydrogen-bond acceptors (Lipinski definition) is 4. The number of H-pyrrole nitrogens is 1. The van der Waals surface area contributed by atoms with Crippen molar-refractivity contribution in [2.24, 2.45) is 5.92 Å². The van der Waals surface area contributed by atoms with Crippen molar-refractivity contribution in [2.75, 3.05) is 19.8 Å². The molecular formula is C14H23N3O3. The molecule has 6 heteroatoms. The third kappa shape index (κ3) is 3.80. The molecule has 0 fully saturated rings. The molecule has 2 rings (SSSR count). The summed E-state index contributed by atoms with van der Waals surface area (Å²) in [6, 6.07) is 0. The topological polar surface area (TPSA) is 76.2 Å². The van der Waals surface area contributed by atoms with Crippen molar-refractivity contribution in [3.8, 4) is 0 Å². The molecule has 6 nitrogen and oxygen atoms in total. The summed E-state index contributed by atoms with van der Waals surface area (Å²) < 4.78 is 10.8. The van der Waals surface area contributed by atoms with E-state index in [9.17, 15) is 4.79 Å². The van der Waals surface area contributed by atoms with Crippen LogP contribution in [0.3, 0.4) is 0 Å². The molecule has 1 aromatic heterocycles. The van der Waals surface area contributed by atoms with Crippen LogP contribution in [0.2, 0.25) is 0 Å². The number of aromatic nitrogens is 2. The van der Waals surface area contributed by atoms with Crippen molar-refractivity contribution >= 4 is 5.91 Å². The summed E-state index contributed by atoms with van der Waals surface area (Å²) in [7, 11) is 0. The molecule has 0 spiro atoms. The Bertz CT molecular complexity index is 427. The molecular weight excluding hydrogens is 258 g/mol. The molecule has 1 heterocycles. The Morgan fingerprint density at radius 3 is 2.95 bits per heavy atom. The predicted molar refractivity (Wildman–Crippen MR) is 74.2 cm³/mol. The molecule has 0 aromatic carbocycles. The van der Waals surface area contributed by atoms with E-state index < -0.39 is 0 Å². The summed E-state index contributed by atoms with van der Waals surface area (Å²) in [5, 5.41) is 2.92. The van der Waals surface area contributed by atoms with Gasteiger partial charge in [0.25, 0.3) is 0 Å². The molecule has 112 valence electrons. The first-order valence-electron chi connectivity index (χ1n) is 7.26. The summed E-state index contributed by atoms with van der Waals surface area (Å²) in [4.78, 5) is 19.5. The largest absolute Gasteiger partial charge is 0.351 e. The molecule has 1 atom stereocenters. The molecule has 2 N–H and O–H groups in total. The van der Waals surface area contributed by atoms with E-state index >= 15 is 0 Å². The number of rotatable bonds is 7. The predicted octanol–water partition coefficient (Wildman–Crippen LogP) is 1.03. The molecule has 0 saturated carbocycles. The lowest BCUT2D eigenvalue weighted by atomic mass is 9.89. The Labute approximate surface area is 119 Å². The smallest absolute Gasteiger partial charge is 0.223 e. The number of carbonyl (C=O) groups excluding carboxylic acids is 1. The summed E-state index contributed by atoms with van der Waals surface area (Å²) in [5.41, 5.74) is 2.18. The van der Waals surface area contributed by atoms with Gasteiger partial charge in [0.05, 0.1) is 18.6 Å². The van der Waals surface area contributed by atoms with Crippen LogP contribution in [0, 0.1) is 5.92 Å².